The van der Waals surface area contributed by atoms with E-state index in [-0.39, 0.29) is 11.8 Å². The Kier molecular flexibility index (Phi) is 7.37. The Morgan fingerprint density at radius 1 is 1.10 bits per heavy atom. The Hall–Kier alpha value is -2.54. The minimum Gasteiger partial charge on any atom is -0.496 e. The molecule has 1 aliphatic rings. The molecule has 7 heteroatoms. The minimum absolute atomic E-state index is 0.216. The number of carbonyl (C=O) groups excluding carboxylic acids is 2. The second kappa shape index (κ2) is 9.98. The molecule has 0 atom stereocenters. The van der Waals surface area contributed by atoms with Gasteiger partial charge >= 0.3 is 0 Å². The average Bonchev–Trinajstić information content (AvgIpc) is 2.74. The number of nitrogens with zero attached hydrogens (tertiary/aromatic N) is 2. The number of benzene rings is 2. The van der Waals surface area contributed by atoms with E-state index in [4.69, 9.17) is 4.74 Å². The van der Waals surface area contributed by atoms with Crippen LogP contribution in [0.4, 0.5) is 11.4 Å². The number of amides is 2. The van der Waals surface area contributed by atoms with E-state index < -0.39 is 0 Å². The summed E-state index contributed by atoms with van der Waals surface area (Å²) in [6.45, 7) is 7.07. The van der Waals surface area contributed by atoms with Crippen molar-refractivity contribution in [1.82, 2.24) is 4.90 Å². The summed E-state index contributed by atoms with van der Waals surface area (Å²) >= 11 is 3.44. The predicted molar refractivity (Wildman–Crippen MR) is 124 cm³/mol. The van der Waals surface area contributed by atoms with Crippen LogP contribution in [0.25, 0.3) is 0 Å². The zero-order valence-corrected chi connectivity index (χ0v) is 19.3. The van der Waals surface area contributed by atoms with Crippen LogP contribution in [0.3, 0.4) is 0 Å². The zero-order valence-electron chi connectivity index (χ0n) is 17.7. The van der Waals surface area contributed by atoms with Gasteiger partial charge in [0.25, 0.3) is 5.91 Å². The SMILES string of the molecule is CCCC(=O)N1CCN(c2ccc(NC(=O)c3cc(Br)cc(C)c3OC)cc2)CC1. The van der Waals surface area contributed by atoms with Crippen LogP contribution in [0.15, 0.2) is 40.9 Å². The first kappa shape index (κ1) is 22.2. The van der Waals surface area contributed by atoms with Crippen molar-refractivity contribution in [1.29, 1.82) is 0 Å². The number of methoxy groups -OCH3 is 1. The molecule has 1 N–H and O–H groups in total. The molecule has 1 heterocycles. The number of ether oxygens (including phenoxy) is 1. The molecule has 2 aromatic rings. The van der Waals surface area contributed by atoms with E-state index in [0.717, 1.165) is 54.0 Å². The molecule has 1 aliphatic heterocycles. The highest BCUT2D eigenvalue weighted by molar-refractivity contribution is 9.10. The van der Waals surface area contributed by atoms with Crippen LogP contribution in [0.2, 0.25) is 0 Å². The first-order valence-corrected chi connectivity index (χ1v) is 11.0. The van der Waals surface area contributed by atoms with E-state index in [2.05, 4.69) is 26.1 Å². The lowest BCUT2D eigenvalue weighted by Crippen LogP contribution is -2.48. The lowest BCUT2D eigenvalue weighted by molar-refractivity contribution is -0.131. The van der Waals surface area contributed by atoms with Crippen molar-refractivity contribution < 1.29 is 14.3 Å². The van der Waals surface area contributed by atoms with Gasteiger partial charge in [-0.1, -0.05) is 22.9 Å². The number of halogens is 1. The van der Waals surface area contributed by atoms with Gasteiger partial charge in [0.15, 0.2) is 0 Å². The molecule has 1 saturated heterocycles. The summed E-state index contributed by atoms with van der Waals surface area (Å²) in [4.78, 5) is 29.0. The molecule has 2 amide bonds. The summed E-state index contributed by atoms with van der Waals surface area (Å²) in [5, 5.41) is 2.94. The molecule has 6 nitrogen and oxygen atoms in total. The molecule has 0 spiro atoms. The third-order valence-corrected chi connectivity index (χ3v) is 5.73. The molecule has 0 unspecified atom stereocenters. The highest BCUT2D eigenvalue weighted by Gasteiger charge is 2.21. The molecule has 0 aromatic heterocycles. The van der Waals surface area contributed by atoms with Crippen LogP contribution in [0.5, 0.6) is 5.75 Å². The van der Waals surface area contributed by atoms with Crippen molar-refractivity contribution in [3.63, 3.8) is 0 Å². The Balaban J connectivity index is 1.63. The third kappa shape index (κ3) is 5.14. The van der Waals surface area contributed by atoms with Gasteiger partial charge in [-0.15, -0.1) is 0 Å². The fourth-order valence-electron chi connectivity index (χ4n) is 3.71. The first-order valence-electron chi connectivity index (χ1n) is 10.2. The van der Waals surface area contributed by atoms with Gasteiger partial charge in [-0.2, -0.15) is 0 Å². The number of nitrogens with one attached hydrogen (secondary N) is 1. The van der Waals surface area contributed by atoms with Gasteiger partial charge in [-0.25, -0.2) is 0 Å². The highest BCUT2D eigenvalue weighted by atomic mass is 79.9. The van der Waals surface area contributed by atoms with Crippen molar-refractivity contribution >= 4 is 39.1 Å². The van der Waals surface area contributed by atoms with E-state index in [0.29, 0.717) is 17.7 Å². The van der Waals surface area contributed by atoms with E-state index in [1.165, 1.54) is 0 Å². The minimum atomic E-state index is -0.216. The maximum Gasteiger partial charge on any atom is 0.259 e. The summed E-state index contributed by atoms with van der Waals surface area (Å²) in [5.74, 6) is 0.600. The van der Waals surface area contributed by atoms with Crippen molar-refractivity contribution in [3.05, 3.63) is 52.0 Å². The summed E-state index contributed by atoms with van der Waals surface area (Å²) < 4.78 is 6.24. The number of rotatable bonds is 6. The van der Waals surface area contributed by atoms with Crippen molar-refractivity contribution in [2.45, 2.75) is 26.7 Å². The number of hydrogen-bond acceptors (Lipinski definition) is 4. The van der Waals surface area contributed by atoms with Crippen LogP contribution in [0, 0.1) is 6.92 Å². The number of anilines is 2. The quantitative estimate of drug-likeness (QED) is 0.672. The second-order valence-electron chi connectivity index (χ2n) is 7.42. The fraction of sp³-hybridized carbons (Fsp3) is 0.391. The molecule has 0 bridgehead atoms. The third-order valence-electron chi connectivity index (χ3n) is 5.27. The van der Waals surface area contributed by atoms with Crippen molar-refractivity contribution in [3.8, 4) is 5.75 Å². The molecule has 3 rings (SSSR count). The lowest BCUT2D eigenvalue weighted by atomic mass is 10.1. The van der Waals surface area contributed by atoms with E-state index in [9.17, 15) is 9.59 Å². The molecule has 0 aliphatic carbocycles. The van der Waals surface area contributed by atoms with Crippen LogP contribution in [0.1, 0.15) is 35.7 Å². The molecule has 1 fully saturated rings. The Bertz CT molecular complexity index is 907. The van der Waals surface area contributed by atoms with Crippen LogP contribution in [-0.2, 0) is 4.79 Å². The Morgan fingerprint density at radius 3 is 2.37 bits per heavy atom. The van der Waals surface area contributed by atoms with Gasteiger partial charge in [-0.3, -0.25) is 9.59 Å². The monoisotopic (exact) mass is 473 g/mol. The number of piperazine rings is 1. The smallest absolute Gasteiger partial charge is 0.259 e. The van der Waals surface area contributed by atoms with E-state index >= 15 is 0 Å². The van der Waals surface area contributed by atoms with Gasteiger partial charge in [0.1, 0.15) is 5.75 Å². The summed E-state index contributed by atoms with van der Waals surface area (Å²) in [6.07, 6.45) is 1.51. The topological polar surface area (TPSA) is 61.9 Å². The van der Waals surface area contributed by atoms with Crippen LogP contribution < -0.4 is 15.0 Å². The first-order chi connectivity index (χ1) is 14.4. The average molecular weight is 474 g/mol. The maximum atomic E-state index is 12.8. The Morgan fingerprint density at radius 2 is 1.77 bits per heavy atom. The maximum absolute atomic E-state index is 12.8. The number of carbonyl (C=O) groups is 2. The van der Waals surface area contributed by atoms with Gasteiger partial charge < -0.3 is 19.9 Å². The molecular formula is C23H28BrN3O3. The van der Waals surface area contributed by atoms with Gasteiger partial charge in [-0.05, 0) is 55.3 Å². The molecule has 0 radical (unpaired) electrons. The fourth-order valence-corrected chi connectivity index (χ4v) is 4.28. The molecular weight excluding hydrogens is 446 g/mol. The summed E-state index contributed by atoms with van der Waals surface area (Å²) in [7, 11) is 1.57. The van der Waals surface area contributed by atoms with Crippen molar-refractivity contribution in [2.75, 3.05) is 43.5 Å². The Labute approximate surface area is 186 Å². The number of aryl methyl sites for hydroxylation is 1. The largest absolute Gasteiger partial charge is 0.496 e. The highest BCUT2D eigenvalue weighted by Crippen LogP contribution is 2.29. The van der Waals surface area contributed by atoms with Gasteiger partial charge in [0.2, 0.25) is 5.91 Å². The van der Waals surface area contributed by atoms with Crippen molar-refractivity contribution in [2.24, 2.45) is 0 Å². The summed E-state index contributed by atoms with van der Waals surface area (Å²) in [6, 6.07) is 11.5. The number of hydrogen-bond donors (Lipinski definition) is 1. The normalized spacial score (nSPS) is 13.9. The molecule has 2 aromatic carbocycles. The standard InChI is InChI=1S/C23H28BrN3O3/c1-4-5-21(28)27-12-10-26(11-13-27)19-8-6-18(7-9-19)25-23(29)20-15-17(24)14-16(2)22(20)30-3/h6-9,14-15H,4-5,10-13H2,1-3H3,(H,25,29). The van der Waals surface area contributed by atoms with Crippen LogP contribution in [-0.4, -0.2) is 50.0 Å². The second-order valence-corrected chi connectivity index (χ2v) is 8.34. The zero-order chi connectivity index (χ0) is 21.7. The molecule has 30 heavy (non-hydrogen) atoms. The van der Waals surface area contributed by atoms with Crippen LogP contribution >= 0.6 is 15.9 Å². The molecule has 0 saturated carbocycles. The van der Waals surface area contributed by atoms with E-state index in [1.807, 2.05) is 49.1 Å². The predicted octanol–water partition coefficient (Wildman–Crippen LogP) is 4.47. The summed E-state index contributed by atoms with van der Waals surface area (Å²) in [5.41, 5.74) is 3.19. The van der Waals surface area contributed by atoms with E-state index in [1.54, 1.807) is 13.2 Å². The van der Waals surface area contributed by atoms with Gasteiger partial charge in [0, 0.05) is 48.4 Å². The molecule has 160 valence electrons. The lowest BCUT2D eigenvalue weighted by Gasteiger charge is -2.36. The van der Waals surface area contributed by atoms with Gasteiger partial charge in [0.05, 0.1) is 12.7 Å².